The standard InChI is InChI=1S/C14H26O2Si/c1-11(2)10-12(3)14(16-13(4)15)8-9-17(5,6)7/h8-9,11H,10H2,1-7H3/b9-8-,14-12+. The van der Waals surface area contributed by atoms with Crippen LogP contribution in [0.15, 0.2) is 23.1 Å². The lowest BCUT2D eigenvalue weighted by atomic mass is 10.0. The minimum absolute atomic E-state index is 0.247. The predicted molar refractivity (Wildman–Crippen MR) is 76.4 cm³/mol. The van der Waals surface area contributed by atoms with Crippen LogP contribution < -0.4 is 0 Å². The van der Waals surface area contributed by atoms with E-state index in [0.29, 0.717) is 5.92 Å². The van der Waals surface area contributed by atoms with E-state index in [4.69, 9.17) is 4.74 Å². The number of esters is 1. The first-order valence-corrected chi connectivity index (χ1v) is 9.77. The van der Waals surface area contributed by atoms with Crippen LogP contribution in [0.4, 0.5) is 0 Å². The molecule has 0 aliphatic heterocycles. The number of carbonyl (C=O) groups is 1. The number of rotatable bonds is 5. The second-order valence-electron chi connectivity index (χ2n) is 6.04. The maximum Gasteiger partial charge on any atom is 0.308 e. The molecule has 98 valence electrons. The molecule has 0 aromatic rings. The molecule has 0 bridgehead atoms. The first-order chi connectivity index (χ1) is 7.61. The topological polar surface area (TPSA) is 26.3 Å². The van der Waals surface area contributed by atoms with Crippen LogP contribution in [0.5, 0.6) is 0 Å². The Hall–Kier alpha value is -0.833. The summed E-state index contributed by atoms with van der Waals surface area (Å²) in [5.74, 6) is 1.05. The SMILES string of the molecule is CC(=O)OC(/C=C\[Si](C)(C)C)=C(\C)CC(C)C. The number of hydrogen-bond donors (Lipinski definition) is 0. The molecule has 0 amide bonds. The minimum atomic E-state index is -1.26. The van der Waals surface area contributed by atoms with Crippen molar-refractivity contribution in [1.29, 1.82) is 0 Å². The van der Waals surface area contributed by atoms with Crippen LogP contribution in [-0.4, -0.2) is 14.0 Å². The van der Waals surface area contributed by atoms with Crippen LogP contribution in [0, 0.1) is 5.92 Å². The molecule has 0 heterocycles. The molecule has 0 saturated heterocycles. The first-order valence-electron chi connectivity index (χ1n) is 6.19. The Balaban J connectivity index is 4.99. The third kappa shape index (κ3) is 8.92. The monoisotopic (exact) mass is 254 g/mol. The fourth-order valence-electron chi connectivity index (χ4n) is 1.46. The number of ether oxygens (including phenoxy) is 1. The van der Waals surface area contributed by atoms with Gasteiger partial charge in [0.25, 0.3) is 0 Å². The highest BCUT2D eigenvalue weighted by atomic mass is 28.3. The second-order valence-corrected chi connectivity index (χ2v) is 11.1. The highest BCUT2D eigenvalue weighted by molar-refractivity contribution is 6.81. The van der Waals surface area contributed by atoms with E-state index in [-0.39, 0.29) is 5.97 Å². The Morgan fingerprint density at radius 2 is 1.76 bits per heavy atom. The number of allylic oxidation sites excluding steroid dienone is 2. The highest BCUT2D eigenvalue weighted by Crippen LogP contribution is 2.18. The van der Waals surface area contributed by atoms with Gasteiger partial charge in [0.1, 0.15) is 5.76 Å². The maximum atomic E-state index is 11.1. The lowest BCUT2D eigenvalue weighted by molar-refractivity contribution is -0.136. The summed E-state index contributed by atoms with van der Waals surface area (Å²) in [6, 6.07) is 0. The molecule has 0 radical (unpaired) electrons. The van der Waals surface area contributed by atoms with Gasteiger partial charge >= 0.3 is 5.97 Å². The normalized spacial score (nSPS) is 14.1. The molecular weight excluding hydrogens is 228 g/mol. The van der Waals surface area contributed by atoms with Crippen molar-refractivity contribution in [2.24, 2.45) is 5.92 Å². The zero-order valence-corrected chi connectivity index (χ0v) is 13.3. The summed E-state index contributed by atoms with van der Waals surface area (Å²) in [4.78, 5) is 11.1. The molecule has 0 atom stereocenters. The van der Waals surface area contributed by atoms with E-state index >= 15 is 0 Å². The molecule has 2 nitrogen and oxygen atoms in total. The summed E-state index contributed by atoms with van der Waals surface area (Å²) < 4.78 is 5.28. The van der Waals surface area contributed by atoms with Gasteiger partial charge in [-0.15, -0.1) is 0 Å². The van der Waals surface area contributed by atoms with Gasteiger partial charge in [0.05, 0.1) is 8.07 Å². The van der Waals surface area contributed by atoms with Gasteiger partial charge in [-0.3, -0.25) is 4.79 Å². The van der Waals surface area contributed by atoms with Gasteiger partial charge in [-0.1, -0.05) is 39.2 Å². The van der Waals surface area contributed by atoms with E-state index in [0.717, 1.165) is 17.8 Å². The van der Waals surface area contributed by atoms with E-state index in [1.165, 1.54) is 6.92 Å². The van der Waals surface area contributed by atoms with E-state index < -0.39 is 8.07 Å². The van der Waals surface area contributed by atoms with Gasteiger partial charge in [-0.25, -0.2) is 0 Å². The number of carbonyl (C=O) groups excluding carboxylic acids is 1. The Kier molecular flexibility index (Phi) is 6.46. The van der Waals surface area contributed by atoms with E-state index in [1.54, 1.807) is 0 Å². The average Bonchev–Trinajstić information content (AvgIpc) is 2.08. The molecule has 0 aliphatic rings. The van der Waals surface area contributed by atoms with Crippen LogP contribution in [0.3, 0.4) is 0 Å². The molecule has 0 spiro atoms. The smallest absolute Gasteiger partial charge is 0.308 e. The fraction of sp³-hybridized carbons (Fsp3) is 0.643. The summed E-state index contributed by atoms with van der Waals surface area (Å²) >= 11 is 0. The summed E-state index contributed by atoms with van der Waals surface area (Å²) in [6.07, 6.45) is 2.93. The summed E-state index contributed by atoms with van der Waals surface area (Å²) in [6.45, 7) is 14.6. The third-order valence-electron chi connectivity index (χ3n) is 2.12. The Bertz CT molecular complexity index is 320. The van der Waals surface area contributed by atoms with Crippen LogP contribution in [-0.2, 0) is 9.53 Å². The highest BCUT2D eigenvalue weighted by Gasteiger charge is 2.10. The quantitative estimate of drug-likeness (QED) is 0.316. The van der Waals surface area contributed by atoms with Gasteiger partial charge in [0.15, 0.2) is 0 Å². The van der Waals surface area contributed by atoms with Gasteiger partial charge in [0.2, 0.25) is 0 Å². The summed E-state index contributed by atoms with van der Waals surface area (Å²) in [7, 11) is -1.26. The van der Waals surface area contributed by atoms with Crippen molar-refractivity contribution in [3.8, 4) is 0 Å². The molecule has 0 saturated carbocycles. The van der Waals surface area contributed by atoms with Crippen molar-refractivity contribution < 1.29 is 9.53 Å². The van der Waals surface area contributed by atoms with Crippen LogP contribution in [0.1, 0.15) is 34.1 Å². The largest absolute Gasteiger partial charge is 0.427 e. The molecular formula is C14H26O2Si. The number of hydrogen-bond acceptors (Lipinski definition) is 2. The summed E-state index contributed by atoms with van der Waals surface area (Å²) in [5.41, 5.74) is 3.35. The van der Waals surface area contributed by atoms with E-state index in [2.05, 4.69) is 39.2 Å². The molecule has 0 rings (SSSR count). The fourth-order valence-corrected chi connectivity index (χ4v) is 2.11. The molecule has 0 N–H and O–H groups in total. The lowest BCUT2D eigenvalue weighted by Gasteiger charge is -2.13. The molecule has 3 heteroatoms. The molecule has 0 aliphatic carbocycles. The molecule has 0 fully saturated rings. The molecule has 0 aromatic carbocycles. The average molecular weight is 254 g/mol. The Morgan fingerprint density at radius 3 is 2.12 bits per heavy atom. The Morgan fingerprint density at radius 1 is 1.24 bits per heavy atom. The van der Waals surface area contributed by atoms with E-state index in [1.807, 2.05) is 13.0 Å². The zero-order valence-electron chi connectivity index (χ0n) is 12.3. The van der Waals surface area contributed by atoms with Crippen molar-refractivity contribution in [3.63, 3.8) is 0 Å². The maximum absolute atomic E-state index is 11.1. The van der Waals surface area contributed by atoms with Gasteiger partial charge < -0.3 is 4.74 Å². The first kappa shape index (κ1) is 16.2. The summed E-state index contributed by atoms with van der Waals surface area (Å²) in [5, 5.41) is 0. The van der Waals surface area contributed by atoms with Crippen molar-refractivity contribution in [1.82, 2.24) is 0 Å². The van der Waals surface area contributed by atoms with Gasteiger partial charge in [0, 0.05) is 6.92 Å². The van der Waals surface area contributed by atoms with E-state index in [9.17, 15) is 4.79 Å². The minimum Gasteiger partial charge on any atom is -0.427 e. The molecule has 0 unspecified atom stereocenters. The molecule has 0 aromatic heterocycles. The van der Waals surface area contributed by atoms with Crippen molar-refractivity contribution >= 4 is 14.0 Å². The predicted octanol–water partition coefficient (Wildman–Crippen LogP) is 4.30. The van der Waals surface area contributed by atoms with Gasteiger partial charge in [-0.05, 0) is 30.9 Å². The van der Waals surface area contributed by atoms with Crippen molar-refractivity contribution in [3.05, 3.63) is 23.1 Å². The van der Waals surface area contributed by atoms with Crippen molar-refractivity contribution in [2.45, 2.75) is 53.8 Å². The molecule has 17 heavy (non-hydrogen) atoms. The van der Waals surface area contributed by atoms with Crippen LogP contribution in [0.2, 0.25) is 19.6 Å². The van der Waals surface area contributed by atoms with Crippen LogP contribution in [0.25, 0.3) is 0 Å². The lowest BCUT2D eigenvalue weighted by Crippen LogP contribution is -2.16. The second kappa shape index (κ2) is 6.79. The third-order valence-corrected chi connectivity index (χ3v) is 3.29. The van der Waals surface area contributed by atoms with Crippen LogP contribution >= 0.6 is 0 Å². The Labute approximate surface area is 107 Å². The van der Waals surface area contributed by atoms with Gasteiger partial charge in [-0.2, -0.15) is 0 Å². The zero-order chi connectivity index (χ0) is 13.6. The van der Waals surface area contributed by atoms with Crippen molar-refractivity contribution in [2.75, 3.05) is 0 Å².